The number of hydrogen-bond donors (Lipinski definition) is 2. The Morgan fingerprint density at radius 3 is 2.55 bits per heavy atom. The Hall–Kier alpha value is -3.19. The normalized spacial score (nSPS) is 15.0. The number of rotatable bonds is 6. The molecule has 0 spiro atoms. The summed E-state index contributed by atoms with van der Waals surface area (Å²) in [5.41, 5.74) is 4.92. The third-order valence-corrected chi connectivity index (χ3v) is 5.78. The lowest BCUT2D eigenvalue weighted by atomic mass is 10.0. The SMILES string of the molecule is Cc1cc(C)n(-c2ccccc2NC(=O)NC2CCN(CCc3ccncc3)CC2)n1. The molecule has 1 aromatic carbocycles. The van der Waals surface area contributed by atoms with Gasteiger partial charge >= 0.3 is 6.03 Å². The Labute approximate surface area is 183 Å². The van der Waals surface area contributed by atoms with Crippen molar-refractivity contribution in [2.75, 3.05) is 25.0 Å². The highest BCUT2D eigenvalue weighted by molar-refractivity contribution is 5.91. The molecule has 0 saturated carbocycles. The van der Waals surface area contributed by atoms with Gasteiger partial charge in [0.1, 0.15) is 0 Å². The maximum Gasteiger partial charge on any atom is 0.319 e. The molecule has 0 unspecified atom stereocenters. The molecule has 0 aliphatic carbocycles. The fourth-order valence-electron chi connectivity index (χ4n) is 4.12. The minimum atomic E-state index is -0.163. The molecule has 162 valence electrons. The number of urea groups is 1. The Kier molecular flexibility index (Phi) is 6.62. The van der Waals surface area contributed by atoms with E-state index < -0.39 is 0 Å². The van der Waals surface area contributed by atoms with E-state index in [-0.39, 0.29) is 12.1 Å². The third-order valence-electron chi connectivity index (χ3n) is 5.78. The number of nitrogens with zero attached hydrogens (tertiary/aromatic N) is 4. The van der Waals surface area contributed by atoms with Crippen LogP contribution in [-0.2, 0) is 6.42 Å². The van der Waals surface area contributed by atoms with Crippen LogP contribution < -0.4 is 10.6 Å². The molecule has 1 aliphatic rings. The lowest BCUT2D eigenvalue weighted by Gasteiger charge is -2.32. The summed E-state index contributed by atoms with van der Waals surface area (Å²) in [5.74, 6) is 0. The lowest BCUT2D eigenvalue weighted by Crippen LogP contribution is -2.46. The summed E-state index contributed by atoms with van der Waals surface area (Å²) in [6, 6.07) is 14.0. The molecular formula is C24H30N6O. The highest BCUT2D eigenvalue weighted by Crippen LogP contribution is 2.21. The van der Waals surface area contributed by atoms with Crippen molar-refractivity contribution in [3.05, 3.63) is 71.8 Å². The minimum absolute atomic E-state index is 0.163. The van der Waals surface area contributed by atoms with Gasteiger partial charge in [-0.15, -0.1) is 0 Å². The van der Waals surface area contributed by atoms with Gasteiger partial charge in [-0.3, -0.25) is 4.98 Å². The average Bonchev–Trinajstić information content (AvgIpc) is 3.12. The van der Waals surface area contributed by atoms with E-state index in [1.807, 2.05) is 61.3 Å². The molecule has 2 aromatic heterocycles. The van der Waals surface area contributed by atoms with E-state index in [1.165, 1.54) is 5.56 Å². The van der Waals surface area contributed by atoms with Crippen LogP contribution in [0.4, 0.5) is 10.5 Å². The van der Waals surface area contributed by atoms with Crippen LogP contribution in [0.3, 0.4) is 0 Å². The highest BCUT2D eigenvalue weighted by Gasteiger charge is 2.21. The number of aryl methyl sites for hydroxylation is 2. The van der Waals surface area contributed by atoms with Gasteiger partial charge < -0.3 is 15.5 Å². The van der Waals surface area contributed by atoms with Crippen LogP contribution in [0.15, 0.2) is 54.9 Å². The quantitative estimate of drug-likeness (QED) is 0.640. The van der Waals surface area contributed by atoms with Gasteiger partial charge in [-0.2, -0.15) is 5.10 Å². The number of hydrogen-bond acceptors (Lipinski definition) is 4. The summed E-state index contributed by atoms with van der Waals surface area (Å²) in [4.78, 5) is 19.2. The molecule has 31 heavy (non-hydrogen) atoms. The average molecular weight is 419 g/mol. The fraction of sp³-hybridized carbons (Fsp3) is 0.375. The summed E-state index contributed by atoms with van der Waals surface area (Å²) in [6.07, 6.45) is 6.64. The number of carbonyl (C=O) groups excluding carboxylic acids is 1. The van der Waals surface area contributed by atoms with Crippen molar-refractivity contribution < 1.29 is 4.79 Å². The molecule has 2 N–H and O–H groups in total. The Bertz CT molecular complexity index is 1010. The van der Waals surface area contributed by atoms with Crippen molar-refractivity contribution in [2.45, 2.75) is 39.2 Å². The number of aromatic nitrogens is 3. The van der Waals surface area contributed by atoms with Crippen molar-refractivity contribution in [1.82, 2.24) is 25.0 Å². The monoisotopic (exact) mass is 418 g/mol. The summed E-state index contributed by atoms with van der Waals surface area (Å²) in [6.45, 7) is 7.02. The first kappa shape index (κ1) is 21.1. The van der Waals surface area contributed by atoms with Gasteiger partial charge in [0.25, 0.3) is 0 Å². The zero-order chi connectivity index (χ0) is 21.6. The molecule has 3 heterocycles. The van der Waals surface area contributed by atoms with Crippen LogP contribution in [0.1, 0.15) is 29.8 Å². The van der Waals surface area contributed by atoms with Crippen LogP contribution >= 0.6 is 0 Å². The number of nitrogens with one attached hydrogen (secondary N) is 2. The molecule has 1 fully saturated rings. The van der Waals surface area contributed by atoms with Crippen LogP contribution in [0.2, 0.25) is 0 Å². The van der Waals surface area contributed by atoms with E-state index in [9.17, 15) is 4.79 Å². The number of carbonyl (C=O) groups is 1. The second-order valence-electron chi connectivity index (χ2n) is 8.18. The second kappa shape index (κ2) is 9.75. The number of anilines is 1. The second-order valence-corrected chi connectivity index (χ2v) is 8.18. The number of amides is 2. The standard InChI is InChI=1S/C24H30N6O/c1-18-17-19(2)30(28-18)23-6-4-3-5-22(23)27-24(31)26-21-10-15-29(16-11-21)14-9-20-7-12-25-13-8-20/h3-8,12-13,17,21H,9-11,14-16H2,1-2H3,(H2,26,27,31). The Morgan fingerprint density at radius 1 is 1.10 bits per heavy atom. The minimum Gasteiger partial charge on any atom is -0.335 e. The predicted octanol–water partition coefficient (Wildman–Crippen LogP) is 3.71. The third kappa shape index (κ3) is 5.49. The number of para-hydroxylation sites is 2. The molecule has 7 nitrogen and oxygen atoms in total. The van der Waals surface area contributed by atoms with Gasteiger partial charge in [0.2, 0.25) is 0 Å². The van der Waals surface area contributed by atoms with Crippen molar-refractivity contribution in [3.8, 4) is 5.69 Å². The van der Waals surface area contributed by atoms with Crippen LogP contribution in [-0.4, -0.2) is 51.4 Å². The molecule has 0 radical (unpaired) electrons. The first-order chi connectivity index (χ1) is 15.1. The topological polar surface area (TPSA) is 75.1 Å². The maximum atomic E-state index is 12.7. The summed E-state index contributed by atoms with van der Waals surface area (Å²) < 4.78 is 1.87. The molecular weight excluding hydrogens is 388 g/mol. The van der Waals surface area contributed by atoms with E-state index in [2.05, 4.69) is 37.7 Å². The summed E-state index contributed by atoms with van der Waals surface area (Å²) >= 11 is 0. The van der Waals surface area contributed by atoms with Crippen LogP contribution in [0.25, 0.3) is 5.69 Å². The molecule has 4 rings (SSSR count). The number of piperidine rings is 1. The molecule has 7 heteroatoms. The van der Waals surface area contributed by atoms with E-state index in [1.54, 1.807) is 0 Å². The largest absolute Gasteiger partial charge is 0.335 e. The maximum absolute atomic E-state index is 12.7. The Balaban J connectivity index is 1.28. The number of benzene rings is 1. The molecule has 1 aliphatic heterocycles. The molecule has 3 aromatic rings. The lowest BCUT2D eigenvalue weighted by molar-refractivity contribution is 0.197. The van der Waals surface area contributed by atoms with Gasteiger partial charge in [-0.1, -0.05) is 12.1 Å². The fourth-order valence-corrected chi connectivity index (χ4v) is 4.12. The van der Waals surface area contributed by atoms with E-state index in [0.717, 1.165) is 61.7 Å². The van der Waals surface area contributed by atoms with E-state index in [0.29, 0.717) is 0 Å². The number of likely N-dealkylation sites (tertiary alicyclic amines) is 1. The van der Waals surface area contributed by atoms with Gasteiger partial charge in [0.05, 0.1) is 17.1 Å². The van der Waals surface area contributed by atoms with Gasteiger partial charge in [-0.05, 0) is 69.0 Å². The number of pyridine rings is 1. The first-order valence-electron chi connectivity index (χ1n) is 10.9. The van der Waals surface area contributed by atoms with Gasteiger partial charge in [0, 0.05) is 43.8 Å². The van der Waals surface area contributed by atoms with Crippen molar-refractivity contribution in [1.29, 1.82) is 0 Å². The molecule has 0 bridgehead atoms. The first-order valence-corrected chi connectivity index (χ1v) is 10.9. The highest BCUT2D eigenvalue weighted by atomic mass is 16.2. The van der Waals surface area contributed by atoms with E-state index >= 15 is 0 Å². The summed E-state index contributed by atoms with van der Waals surface area (Å²) in [5, 5.41) is 10.7. The van der Waals surface area contributed by atoms with Crippen molar-refractivity contribution in [3.63, 3.8) is 0 Å². The molecule has 2 amide bonds. The summed E-state index contributed by atoms with van der Waals surface area (Å²) in [7, 11) is 0. The predicted molar refractivity (Wildman–Crippen MR) is 123 cm³/mol. The Morgan fingerprint density at radius 2 is 1.84 bits per heavy atom. The van der Waals surface area contributed by atoms with E-state index in [4.69, 9.17) is 0 Å². The molecule has 1 saturated heterocycles. The van der Waals surface area contributed by atoms with Gasteiger partial charge in [0.15, 0.2) is 0 Å². The van der Waals surface area contributed by atoms with Crippen LogP contribution in [0.5, 0.6) is 0 Å². The van der Waals surface area contributed by atoms with Crippen molar-refractivity contribution in [2.24, 2.45) is 0 Å². The smallest absolute Gasteiger partial charge is 0.319 e. The molecule has 0 atom stereocenters. The van der Waals surface area contributed by atoms with Gasteiger partial charge in [-0.25, -0.2) is 9.48 Å². The van der Waals surface area contributed by atoms with Crippen LogP contribution in [0, 0.1) is 13.8 Å². The zero-order valence-electron chi connectivity index (χ0n) is 18.2. The van der Waals surface area contributed by atoms with Crippen molar-refractivity contribution >= 4 is 11.7 Å². The zero-order valence-corrected chi connectivity index (χ0v) is 18.2.